The molecule has 0 aromatic heterocycles. The van der Waals surface area contributed by atoms with Gasteiger partial charge in [0.25, 0.3) is 0 Å². The molecule has 0 bridgehead atoms. The fourth-order valence-electron chi connectivity index (χ4n) is 0.999. The van der Waals surface area contributed by atoms with E-state index in [4.69, 9.17) is 22.6 Å². The fourth-order valence-corrected chi connectivity index (χ4v) is 2.11. The van der Waals surface area contributed by atoms with Crippen molar-refractivity contribution in [2.75, 3.05) is 12.3 Å². The smallest absolute Gasteiger partial charge is 0.0992 e. The number of rotatable bonds is 4. The van der Waals surface area contributed by atoms with Gasteiger partial charge in [0.1, 0.15) is 0 Å². The minimum Gasteiger partial charge on any atom is -0.330 e. The predicted octanol–water partition coefficient (Wildman–Crippen LogP) is 2.40. The van der Waals surface area contributed by atoms with Crippen LogP contribution in [0.1, 0.15) is 11.1 Å². The molecule has 1 rings (SSSR count). The van der Waals surface area contributed by atoms with Gasteiger partial charge in [-0.15, -0.1) is 0 Å². The van der Waals surface area contributed by atoms with Crippen molar-refractivity contribution >= 4 is 23.4 Å². The molecule has 1 aromatic rings. The number of thioether (sulfide) groups is 1. The summed E-state index contributed by atoms with van der Waals surface area (Å²) >= 11 is 7.73. The van der Waals surface area contributed by atoms with Crippen LogP contribution >= 0.6 is 23.4 Å². The Labute approximate surface area is 93.1 Å². The molecule has 0 aliphatic carbocycles. The maximum Gasteiger partial charge on any atom is 0.0992 e. The number of hydrogen-bond donors (Lipinski definition) is 1. The molecule has 74 valence electrons. The van der Waals surface area contributed by atoms with Crippen LogP contribution in [0.4, 0.5) is 0 Å². The summed E-state index contributed by atoms with van der Waals surface area (Å²) in [4.78, 5) is 0. The standard InChI is InChI=1S/C10H11ClN2S/c11-10-5-8(6-13)1-2-9(10)7-14-4-3-12/h1-2,5H,3-4,7,12H2. The first-order chi connectivity index (χ1) is 6.77. The molecule has 0 aliphatic heterocycles. The maximum absolute atomic E-state index is 8.64. The van der Waals surface area contributed by atoms with Crippen LogP contribution < -0.4 is 5.73 Å². The lowest BCUT2D eigenvalue weighted by molar-refractivity contribution is 1.15. The number of halogens is 1. The molecule has 0 fully saturated rings. The van der Waals surface area contributed by atoms with Crippen molar-refractivity contribution in [2.45, 2.75) is 5.75 Å². The first kappa shape index (κ1) is 11.4. The van der Waals surface area contributed by atoms with Crippen LogP contribution in [0.3, 0.4) is 0 Å². The highest BCUT2D eigenvalue weighted by atomic mass is 35.5. The Balaban J connectivity index is 2.65. The van der Waals surface area contributed by atoms with E-state index in [9.17, 15) is 0 Å². The molecule has 0 saturated carbocycles. The second kappa shape index (κ2) is 5.92. The van der Waals surface area contributed by atoms with Gasteiger partial charge in [-0.05, 0) is 17.7 Å². The van der Waals surface area contributed by atoms with Crippen LogP contribution in [0.25, 0.3) is 0 Å². The van der Waals surface area contributed by atoms with E-state index in [0.29, 0.717) is 17.1 Å². The van der Waals surface area contributed by atoms with Crippen molar-refractivity contribution in [3.05, 3.63) is 34.3 Å². The van der Waals surface area contributed by atoms with Crippen LogP contribution in [-0.2, 0) is 5.75 Å². The molecule has 2 N–H and O–H groups in total. The number of nitrogens with two attached hydrogens (primary N) is 1. The van der Waals surface area contributed by atoms with Gasteiger partial charge in [-0.2, -0.15) is 17.0 Å². The highest BCUT2D eigenvalue weighted by Gasteiger charge is 2.01. The van der Waals surface area contributed by atoms with Crippen molar-refractivity contribution in [1.29, 1.82) is 5.26 Å². The van der Waals surface area contributed by atoms with E-state index in [-0.39, 0.29) is 0 Å². The minimum atomic E-state index is 0.600. The Hall–Kier alpha value is -0.690. The third-order valence-electron chi connectivity index (χ3n) is 1.70. The van der Waals surface area contributed by atoms with Gasteiger partial charge in [0.2, 0.25) is 0 Å². The monoisotopic (exact) mass is 226 g/mol. The van der Waals surface area contributed by atoms with Gasteiger partial charge in [0.05, 0.1) is 11.6 Å². The summed E-state index contributed by atoms with van der Waals surface area (Å²) < 4.78 is 0. The normalized spacial score (nSPS) is 9.79. The van der Waals surface area contributed by atoms with Gasteiger partial charge < -0.3 is 5.73 Å². The molecule has 0 heterocycles. The molecule has 4 heteroatoms. The molecule has 0 radical (unpaired) electrons. The zero-order valence-electron chi connectivity index (χ0n) is 7.66. The lowest BCUT2D eigenvalue weighted by Crippen LogP contribution is -2.01. The average Bonchev–Trinajstić information content (AvgIpc) is 2.20. The second-order valence-corrected chi connectivity index (χ2v) is 4.27. The largest absolute Gasteiger partial charge is 0.330 e. The summed E-state index contributed by atoms with van der Waals surface area (Å²) in [7, 11) is 0. The van der Waals surface area contributed by atoms with E-state index >= 15 is 0 Å². The predicted molar refractivity (Wildman–Crippen MR) is 61.4 cm³/mol. The third-order valence-corrected chi connectivity index (χ3v) is 3.09. The Morgan fingerprint density at radius 2 is 2.29 bits per heavy atom. The van der Waals surface area contributed by atoms with Crippen LogP contribution in [0.2, 0.25) is 5.02 Å². The number of nitriles is 1. The first-order valence-electron chi connectivity index (χ1n) is 4.24. The summed E-state index contributed by atoms with van der Waals surface area (Å²) in [6.07, 6.45) is 0. The molecule has 0 unspecified atom stereocenters. The first-order valence-corrected chi connectivity index (χ1v) is 5.77. The zero-order valence-corrected chi connectivity index (χ0v) is 9.24. The van der Waals surface area contributed by atoms with Gasteiger partial charge in [-0.1, -0.05) is 17.7 Å². The van der Waals surface area contributed by atoms with Gasteiger partial charge in [0.15, 0.2) is 0 Å². The molecule has 14 heavy (non-hydrogen) atoms. The van der Waals surface area contributed by atoms with Crippen LogP contribution in [0, 0.1) is 11.3 Å². The minimum absolute atomic E-state index is 0.600. The lowest BCUT2D eigenvalue weighted by Gasteiger charge is -2.03. The van der Waals surface area contributed by atoms with Crippen molar-refractivity contribution in [3.63, 3.8) is 0 Å². The van der Waals surface area contributed by atoms with E-state index in [1.54, 1.807) is 23.9 Å². The van der Waals surface area contributed by atoms with Crippen molar-refractivity contribution in [2.24, 2.45) is 5.73 Å². The molecular weight excluding hydrogens is 216 g/mol. The summed E-state index contributed by atoms with van der Waals surface area (Å²) in [6.45, 7) is 0.679. The molecule has 0 saturated heterocycles. The van der Waals surface area contributed by atoms with Gasteiger partial charge >= 0.3 is 0 Å². The Bertz CT molecular complexity index is 346. The molecule has 2 nitrogen and oxygen atoms in total. The number of nitrogens with zero attached hydrogens (tertiary/aromatic N) is 1. The Kier molecular flexibility index (Phi) is 4.81. The molecular formula is C10H11ClN2S. The summed E-state index contributed by atoms with van der Waals surface area (Å²) in [5, 5.41) is 9.30. The molecule has 1 aromatic carbocycles. The summed E-state index contributed by atoms with van der Waals surface area (Å²) in [5.41, 5.74) is 7.04. The summed E-state index contributed by atoms with van der Waals surface area (Å²) in [5.74, 6) is 1.78. The zero-order chi connectivity index (χ0) is 10.4. The van der Waals surface area contributed by atoms with Gasteiger partial charge in [-0.25, -0.2) is 0 Å². The Morgan fingerprint density at radius 1 is 1.50 bits per heavy atom. The van der Waals surface area contributed by atoms with E-state index in [1.165, 1.54) is 0 Å². The number of hydrogen-bond acceptors (Lipinski definition) is 3. The molecule has 0 atom stereocenters. The third kappa shape index (κ3) is 3.22. The fraction of sp³-hybridized carbons (Fsp3) is 0.300. The topological polar surface area (TPSA) is 49.8 Å². The van der Waals surface area contributed by atoms with E-state index < -0.39 is 0 Å². The second-order valence-electron chi connectivity index (χ2n) is 2.76. The highest BCUT2D eigenvalue weighted by Crippen LogP contribution is 2.22. The van der Waals surface area contributed by atoms with Crippen molar-refractivity contribution < 1.29 is 0 Å². The SMILES string of the molecule is N#Cc1ccc(CSCCN)c(Cl)c1. The van der Waals surface area contributed by atoms with Crippen LogP contribution in [0.5, 0.6) is 0 Å². The van der Waals surface area contributed by atoms with Gasteiger partial charge in [0, 0.05) is 23.1 Å². The van der Waals surface area contributed by atoms with Crippen LogP contribution in [0.15, 0.2) is 18.2 Å². The quantitative estimate of drug-likeness (QED) is 0.803. The van der Waals surface area contributed by atoms with E-state index in [1.807, 2.05) is 6.07 Å². The average molecular weight is 227 g/mol. The summed E-state index contributed by atoms with van der Waals surface area (Å²) in [6, 6.07) is 7.42. The maximum atomic E-state index is 8.64. The Morgan fingerprint density at radius 3 is 2.86 bits per heavy atom. The number of benzene rings is 1. The highest BCUT2D eigenvalue weighted by molar-refractivity contribution is 7.98. The van der Waals surface area contributed by atoms with Gasteiger partial charge in [-0.3, -0.25) is 0 Å². The van der Waals surface area contributed by atoms with E-state index in [2.05, 4.69) is 6.07 Å². The van der Waals surface area contributed by atoms with Crippen molar-refractivity contribution in [3.8, 4) is 6.07 Å². The van der Waals surface area contributed by atoms with Crippen molar-refractivity contribution in [1.82, 2.24) is 0 Å². The lowest BCUT2D eigenvalue weighted by atomic mass is 10.2. The molecule has 0 aliphatic rings. The van der Waals surface area contributed by atoms with Crippen LogP contribution in [-0.4, -0.2) is 12.3 Å². The molecule has 0 spiro atoms. The molecule has 0 amide bonds. The van der Waals surface area contributed by atoms with E-state index in [0.717, 1.165) is 17.1 Å².